The zero-order valence-electron chi connectivity index (χ0n) is 16.0. The number of carboxylic acid groups (broad SMARTS) is 1. The third kappa shape index (κ3) is 5.99. The summed E-state index contributed by atoms with van der Waals surface area (Å²) in [5.74, 6) is 0.336. The van der Waals surface area contributed by atoms with Crippen LogP contribution in [0, 0.1) is 6.92 Å². The molecule has 0 atom stereocenters. The van der Waals surface area contributed by atoms with Crippen molar-refractivity contribution in [3.05, 3.63) is 100 Å². The minimum absolute atomic E-state index is 0.356. The molecule has 3 nitrogen and oxygen atoms in total. The Bertz CT molecular complexity index is 1020. The molecule has 5 heteroatoms. The minimum atomic E-state index is -0.995. The van der Waals surface area contributed by atoms with Gasteiger partial charge in [-0.25, -0.2) is 4.79 Å². The lowest BCUT2D eigenvalue weighted by Crippen LogP contribution is -2.09. The van der Waals surface area contributed by atoms with Crippen LogP contribution < -0.4 is 4.74 Å². The molecular formula is C24H21BrO3S. The molecule has 3 aromatic rings. The van der Waals surface area contributed by atoms with Gasteiger partial charge in [0.2, 0.25) is 0 Å². The smallest absolute Gasteiger partial charge is 0.341 e. The van der Waals surface area contributed by atoms with Crippen molar-refractivity contribution in [2.75, 3.05) is 12.4 Å². The van der Waals surface area contributed by atoms with Gasteiger partial charge in [0, 0.05) is 10.6 Å². The Morgan fingerprint density at radius 2 is 1.79 bits per heavy atom. The number of halogens is 1. The molecule has 3 rings (SSSR count). The van der Waals surface area contributed by atoms with Gasteiger partial charge in [0.15, 0.2) is 6.61 Å². The van der Waals surface area contributed by atoms with E-state index in [1.165, 1.54) is 22.3 Å². The van der Waals surface area contributed by atoms with Crippen LogP contribution in [-0.4, -0.2) is 23.4 Å². The Hall–Kier alpha value is -2.50. The zero-order chi connectivity index (χ0) is 20.6. The van der Waals surface area contributed by atoms with Crippen molar-refractivity contribution in [1.29, 1.82) is 0 Å². The quantitative estimate of drug-likeness (QED) is 0.386. The number of ether oxygens (including phenoxy) is 1. The first-order valence-corrected chi connectivity index (χ1v) is 10.9. The normalized spacial score (nSPS) is 11.3. The summed E-state index contributed by atoms with van der Waals surface area (Å²) in [6, 6.07) is 24.5. The van der Waals surface area contributed by atoms with Crippen molar-refractivity contribution in [2.24, 2.45) is 0 Å². The maximum Gasteiger partial charge on any atom is 0.341 e. The van der Waals surface area contributed by atoms with Crippen LogP contribution in [0.5, 0.6) is 5.75 Å². The van der Waals surface area contributed by atoms with Crippen LogP contribution >= 0.6 is 27.7 Å². The molecule has 1 N–H and O–H groups in total. The van der Waals surface area contributed by atoms with Crippen LogP contribution in [-0.2, 0) is 4.79 Å². The van der Waals surface area contributed by atoms with Gasteiger partial charge in [-0.2, -0.15) is 0 Å². The first-order valence-electron chi connectivity index (χ1n) is 9.13. The van der Waals surface area contributed by atoms with Crippen molar-refractivity contribution in [3.63, 3.8) is 0 Å². The molecule has 148 valence electrons. The first-order chi connectivity index (χ1) is 14.0. The number of benzene rings is 3. The van der Waals surface area contributed by atoms with E-state index >= 15 is 0 Å². The Morgan fingerprint density at radius 3 is 2.48 bits per heavy atom. The molecule has 0 saturated carbocycles. The highest BCUT2D eigenvalue weighted by Gasteiger charge is 2.08. The zero-order valence-corrected chi connectivity index (χ0v) is 18.4. The molecular weight excluding hydrogens is 448 g/mol. The maximum atomic E-state index is 10.7. The van der Waals surface area contributed by atoms with Crippen LogP contribution in [0.1, 0.15) is 16.7 Å². The first kappa shape index (κ1) is 21.2. The standard InChI is InChI=1S/C24H21BrO3S/c1-17-7-5-6-10-20(17)21(18-8-3-2-4-9-18)13-14-29-19-11-12-23(22(25)15-19)28-16-24(26)27/h2-13,15H,14,16H2,1H3,(H,26,27). The highest BCUT2D eigenvalue weighted by molar-refractivity contribution is 9.10. The van der Waals surface area contributed by atoms with Crippen LogP contribution in [0.4, 0.5) is 0 Å². The van der Waals surface area contributed by atoms with Crippen LogP contribution in [0.2, 0.25) is 0 Å². The molecule has 0 amide bonds. The average Bonchev–Trinajstić information content (AvgIpc) is 2.72. The van der Waals surface area contributed by atoms with Gasteiger partial charge in [-0.3, -0.25) is 0 Å². The predicted molar refractivity (Wildman–Crippen MR) is 123 cm³/mol. The molecule has 0 saturated heterocycles. The van der Waals surface area contributed by atoms with Crippen LogP contribution in [0.3, 0.4) is 0 Å². The van der Waals surface area contributed by atoms with E-state index in [1.54, 1.807) is 17.8 Å². The van der Waals surface area contributed by atoms with Crippen molar-refractivity contribution in [1.82, 2.24) is 0 Å². The topological polar surface area (TPSA) is 46.5 Å². The van der Waals surface area contributed by atoms with Crippen molar-refractivity contribution >= 4 is 39.2 Å². The van der Waals surface area contributed by atoms with Gasteiger partial charge < -0.3 is 9.84 Å². The van der Waals surface area contributed by atoms with Gasteiger partial charge in [0.1, 0.15) is 5.75 Å². The summed E-state index contributed by atoms with van der Waals surface area (Å²) in [6.07, 6.45) is 2.26. The average molecular weight is 469 g/mol. The summed E-state index contributed by atoms with van der Waals surface area (Å²) in [4.78, 5) is 11.7. The summed E-state index contributed by atoms with van der Waals surface area (Å²) in [6.45, 7) is 1.77. The highest BCUT2D eigenvalue weighted by Crippen LogP contribution is 2.32. The van der Waals surface area contributed by atoms with E-state index in [-0.39, 0.29) is 6.61 Å². The van der Waals surface area contributed by atoms with Gasteiger partial charge in [-0.1, -0.05) is 60.7 Å². The molecule has 0 bridgehead atoms. The molecule has 0 aromatic heterocycles. The second-order valence-electron chi connectivity index (χ2n) is 6.38. The van der Waals surface area contributed by atoms with E-state index in [0.717, 1.165) is 15.1 Å². The molecule has 29 heavy (non-hydrogen) atoms. The van der Waals surface area contributed by atoms with Gasteiger partial charge in [-0.05, 0) is 63.3 Å². The van der Waals surface area contributed by atoms with Crippen molar-refractivity contribution in [3.8, 4) is 5.75 Å². The highest BCUT2D eigenvalue weighted by atomic mass is 79.9. The summed E-state index contributed by atoms with van der Waals surface area (Å²) >= 11 is 5.17. The lowest BCUT2D eigenvalue weighted by molar-refractivity contribution is -0.139. The number of aryl methyl sites for hydroxylation is 1. The number of carbonyl (C=O) groups is 1. The van der Waals surface area contributed by atoms with E-state index in [0.29, 0.717) is 5.75 Å². The Balaban J connectivity index is 1.78. The molecule has 0 heterocycles. The summed E-state index contributed by atoms with van der Waals surface area (Å²) in [5.41, 5.74) is 4.89. The summed E-state index contributed by atoms with van der Waals surface area (Å²) in [5, 5.41) is 8.74. The van der Waals surface area contributed by atoms with E-state index in [4.69, 9.17) is 9.84 Å². The van der Waals surface area contributed by atoms with Crippen molar-refractivity contribution in [2.45, 2.75) is 11.8 Å². The predicted octanol–water partition coefficient (Wildman–Crippen LogP) is 6.44. The fourth-order valence-electron chi connectivity index (χ4n) is 2.93. The number of thioether (sulfide) groups is 1. The fraction of sp³-hybridized carbons (Fsp3) is 0.125. The third-order valence-corrected chi connectivity index (χ3v) is 5.85. The lowest BCUT2D eigenvalue weighted by Gasteiger charge is -2.12. The molecule has 0 aliphatic heterocycles. The number of carboxylic acids is 1. The van der Waals surface area contributed by atoms with Crippen molar-refractivity contribution < 1.29 is 14.6 Å². The molecule has 0 unspecified atom stereocenters. The number of hydrogen-bond donors (Lipinski definition) is 1. The molecule has 0 fully saturated rings. The Labute approximate surface area is 183 Å². The Morgan fingerprint density at radius 1 is 1.07 bits per heavy atom. The number of rotatable bonds is 8. The molecule has 0 spiro atoms. The van der Waals surface area contributed by atoms with Gasteiger partial charge in [0.25, 0.3) is 0 Å². The third-order valence-electron chi connectivity index (χ3n) is 4.31. The van der Waals surface area contributed by atoms with Gasteiger partial charge in [-0.15, -0.1) is 11.8 Å². The lowest BCUT2D eigenvalue weighted by atomic mass is 9.94. The van der Waals surface area contributed by atoms with Gasteiger partial charge >= 0.3 is 5.97 Å². The fourth-order valence-corrected chi connectivity index (χ4v) is 4.38. The Kier molecular flexibility index (Phi) is 7.55. The number of hydrogen-bond acceptors (Lipinski definition) is 3. The SMILES string of the molecule is Cc1ccccc1C(=CCSc1ccc(OCC(=O)O)c(Br)c1)c1ccccc1. The maximum absolute atomic E-state index is 10.7. The minimum Gasteiger partial charge on any atom is -0.481 e. The van der Waals surface area contributed by atoms with E-state index in [2.05, 4.69) is 77.5 Å². The van der Waals surface area contributed by atoms with Crippen LogP contribution in [0.25, 0.3) is 5.57 Å². The molecule has 0 radical (unpaired) electrons. The van der Waals surface area contributed by atoms with E-state index in [1.807, 2.05) is 18.2 Å². The molecule has 0 aliphatic rings. The van der Waals surface area contributed by atoms with E-state index in [9.17, 15) is 4.79 Å². The molecule has 0 aliphatic carbocycles. The second kappa shape index (κ2) is 10.3. The summed E-state index contributed by atoms with van der Waals surface area (Å²) < 4.78 is 6.00. The van der Waals surface area contributed by atoms with E-state index < -0.39 is 5.97 Å². The summed E-state index contributed by atoms with van der Waals surface area (Å²) in [7, 11) is 0. The number of aliphatic carboxylic acids is 1. The second-order valence-corrected chi connectivity index (χ2v) is 8.33. The monoisotopic (exact) mass is 468 g/mol. The molecule has 3 aromatic carbocycles. The largest absolute Gasteiger partial charge is 0.481 e. The van der Waals surface area contributed by atoms with Gasteiger partial charge in [0.05, 0.1) is 4.47 Å². The van der Waals surface area contributed by atoms with Crippen LogP contribution in [0.15, 0.2) is 88.2 Å².